The minimum Gasteiger partial charge on any atom is -0.423 e. The van der Waals surface area contributed by atoms with Gasteiger partial charge in [0, 0.05) is 10.5 Å². The quantitative estimate of drug-likeness (QED) is 0.609. The summed E-state index contributed by atoms with van der Waals surface area (Å²) in [5.74, 6) is 0. The zero-order chi connectivity index (χ0) is 8.72. The zero-order valence-electron chi connectivity index (χ0n) is 6.62. The van der Waals surface area contributed by atoms with Crippen LogP contribution in [0.25, 0.3) is 0 Å². The Labute approximate surface area is 76.3 Å². The van der Waals surface area contributed by atoms with Crippen molar-refractivity contribution in [3.8, 4) is 0 Å². The second-order valence-electron chi connectivity index (χ2n) is 2.87. The Bertz CT molecular complexity index is 316. The zero-order valence-corrected chi connectivity index (χ0v) is 7.38. The minimum atomic E-state index is -0.858. The van der Waals surface area contributed by atoms with E-state index in [1.807, 2.05) is 19.1 Å². The molecule has 12 heavy (non-hydrogen) atoms. The van der Waals surface area contributed by atoms with Crippen molar-refractivity contribution in [3.05, 3.63) is 28.8 Å². The standard InChI is InChI=1S/C8H8BClO2/c1-5-6-3-2-4-7(10)8(6)9(11)12-5/h2-5,11H,1H3. The predicted molar refractivity (Wildman–Crippen MR) is 48.6 cm³/mol. The van der Waals surface area contributed by atoms with Gasteiger partial charge in [-0.3, -0.25) is 0 Å². The molecule has 1 unspecified atom stereocenters. The van der Waals surface area contributed by atoms with Gasteiger partial charge >= 0.3 is 7.12 Å². The van der Waals surface area contributed by atoms with Gasteiger partial charge in [-0.2, -0.15) is 0 Å². The van der Waals surface area contributed by atoms with Crippen LogP contribution in [0.3, 0.4) is 0 Å². The Morgan fingerprint density at radius 3 is 3.00 bits per heavy atom. The van der Waals surface area contributed by atoms with Gasteiger partial charge in [0.2, 0.25) is 0 Å². The van der Waals surface area contributed by atoms with Crippen molar-refractivity contribution in [2.24, 2.45) is 0 Å². The summed E-state index contributed by atoms with van der Waals surface area (Å²) in [6.07, 6.45) is -0.0614. The second-order valence-corrected chi connectivity index (χ2v) is 3.28. The van der Waals surface area contributed by atoms with Crippen molar-refractivity contribution in [2.45, 2.75) is 13.0 Å². The van der Waals surface area contributed by atoms with Gasteiger partial charge in [0.15, 0.2) is 0 Å². The summed E-state index contributed by atoms with van der Waals surface area (Å²) < 4.78 is 5.18. The molecule has 0 fully saturated rings. The van der Waals surface area contributed by atoms with Gasteiger partial charge in [-0.25, -0.2) is 0 Å². The van der Waals surface area contributed by atoms with Crippen LogP contribution in [0.2, 0.25) is 5.02 Å². The highest BCUT2D eigenvalue weighted by Crippen LogP contribution is 2.25. The Morgan fingerprint density at radius 2 is 2.33 bits per heavy atom. The maximum absolute atomic E-state index is 9.43. The molecule has 0 saturated heterocycles. The van der Waals surface area contributed by atoms with Crippen molar-refractivity contribution in [1.82, 2.24) is 0 Å². The van der Waals surface area contributed by atoms with Gasteiger partial charge < -0.3 is 9.68 Å². The molecular formula is C8H8BClO2. The van der Waals surface area contributed by atoms with Crippen LogP contribution in [0, 0.1) is 0 Å². The van der Waals surface area contributed by atoms with E-state index in [1.54, 1.807) is 6.07 Å². The van der Waals surface area contributed by atoms with E-state index < -0.39 is 7.12 Å². The molecular weight excluding hydrogens is 174 g/mol. The van der Waals surface area contributed by atoms with E-state index in [-0.39, 0.29) is 6.10 Å². The van der Waals surface area contributed by atoms with Crippen LogP contribution in [0.5, 0.6) is 0 Å². The Hall–Kier alpha value is -0.505. The molecule has 1 aromatic carbocycles. The molecule has 0 saturated carbocycles. The number of rotatable bonds is 0. The third kappa shape index (κ3) is 1.05. The highest BCUT2D eigenvalue weighted by Gasteiger charge is 2.34. The first-order chi connectivity index (χ1) is 5.70. The Balaban J connectivity index is 2.59. The molecule has 2 rings (SSSR count). The number of hydrogen-bond donors (Lipinski definition) is 1. The molecule has 0 radical (unpaired) electrons. The van der Waals surface area contributed by atoms with Crippen molar-refractivity contribution < 1.29 is 9.68 Å². The van der Waals surface area contributed by atoms with Crippen molar-refractivity contribution in [2.75, 3.05) is 0 Å². The molecule has 0 spiro atoms. The van der Waals surface area contributed by atoms with Crippen molar-refractivity contribution in [1.29, 1.82) is 0 Å². The smallest absolute Gasteiger partial charge is 0.423 e. The lowest BCUT2D eigenvalue weighted by molar-refractivity contribution is 0.209. The maximum Gasteiger partial charge on any atom is 0.493 e. The van der Waals surface area contributed by atoms with E-state index in [1.165, 1.54) is 0 Å². The minimum absolute atomic E-state index is 0.0614. The van der Waals surface area contributed by atoms with Gasteiger partial charge in [0.1, 0.15) is 0 Å². The molecule has 62 valence electrons. The lowest BCUT2D eigenvalue weighted by Crippen LogP contribution is -2.28. The highest BCUT2D eigenvalue weighted by molar-refractivity contribution is 6.65. The van der Waals surface area contributed by atoms with Crippen LogP contribution in [0.15, 0.2) is 18.2 Å². The van der Waals surface area contributed by atoms with Crippen LogP contribution in [0.1, 0.15) is 18.6 Å². The number of halogens is 1. The summed E-state index contributed by atoms with van der Waals surface area (Å²) in [6, 6.07) is 5.53. The van der Waals surface area contributed by atoms with Gasteiger partial charge in [-0.1, -0.05) is 23.7 Å². The number of benzene rings is 1. The first kappa shape index (κ1) is 8.11. The number of hydrogen-bond acceptors (Lipinski definition) is 2. The topological polar surface area (TPSA) is 29.5 Å². The van der Waals surface area contributed by atoms with E-state index in [0.717, 1.165) is 5.56 Å². The van der Waals surface area contributed by atoms with Crippen molar-refractivity contribution in [3.63, 3.8) is 0 Å². The normalized spacial score (nSPS) is 21.2. The lowest BCUT2D eigenvalue weighted by atomic mass is 9.79. The first-order valence-electron chi connectivity index (χ1n) is 3.82. The van der Waals surface area contributed by atoms with E-state index in [0.29, 0.717) is 10.5 Å². The largest absolute Gasteiger partial charge is 0.493 e. The molecule has 0 amide bonds. The van der Waals surface area contributed by atoms with Crippen molar-refractivity contribution >= 4 is 24.2 Å². The van der Waals surface area contributed by atoms with Gasteiger partial charge in [0.05, 0.1) is 6.10 Å². The molecule has 0 bridgehead atoms. The van der Waals surface area contributed by atoms with Gasteiger partial charge in [-0.15, -0.1) is 0 Å². The van der Waals surface area contributed by atoms with E-state index in [9.17, 15) is 5.02 Å². The summed E-state index contributed by atoms with van der Waals surface area (Å²) in [5, 5.41) is 10.00. The van der Waals surface area contributed by atoms with Crippen LogP contribution in [0.4, 0.5) is 0 Å². The molecule has 1 aliphatic rings. The third-order valence-corrected chi connectivity index (χ3v) is 2.43. The predicted octanol–water partition coefficient (Wildman–Crippen LogP) is 1.12. The SMILES string of the molecule is CC1OB(O)c2c(Cl)cccc21. The average Bonchev–Trinajstić information content (AvgIpc) is 2.29. The number of fused-ring (bicyclic) bond motifs is 1. The fraction of sp³-hybridized carbons (Fsp3) is 0.250. The molecule has 1 N–H and O–H groups in total. The summed E-state index contributed by atoms with van der Waals surface area (Å²) in [7, 11) is -0.858. The molecule has 1 heterocycles. The third-order valence-electron chi connectivity index (χ3n) is 2.10. The van der Waals surface area contributed by atoms with E-state index in [2.05, 4.69) is 0 Å². The van der Waals surface area contributed by atoms with E-state index in [4.69, 9.17) is 16.3 Å². The van der Waals surface area contributed by atoms with Crippen LogP contribution in [-0.2, 0) is 4.65 Å². The molecule has 1 aromatic rings. The fourth-order valence-electron chi connectivity index (χ4n) is 1.50. The van der Waals surface area contributed by atoms with E-state index >= 15 is 0 Å². The average molecular weight is 182 g/mol. The molecule has 0 aromatic heterocycles. The molecule has 0 aliphatic carbocycles. The molecule has 4 heteroatoms. The summed E-state index contributed by atoms with van der Waals surface area (Å²) >= 11 is 5.89. The Kier molecular flexibility index (Phi) is 1.87. The summed E-state index contributed by atoms with van der Waals surface area (Å²) in [6.45, 7) is 1.89. The summed E-state index contributed by atoms with van der Waals surface area (Å²) in [5.41, 5.74) is 1.70. The van der Waals surface area contributed by atoms with Gasteiger partial charge in [0.25, 0.3) is 0 Å². The molecule has 2 nitrogen and oxygen atoms in total. The van der Waals surface area contributed by atoms with Crippen LogP contribution < -0.4 is 5.46 Å². The summed E-state index contributed by atoms with van der Waals surface area (Å²) in [4.78, 5) is 0. The van der Waals surface area contributed by atoms with Gasteiger partial charge in [-0.05, 0) is 18.6 Å². The monoisotopic (exact) mass is 182 g/mol. The van der Waals surface area contributed by atoms with Crippen LogP contribution in [-0.4, -0.2) is 12.1 Å². The first-order valence-corrected chi connectivity index (χ1v) is 4.20. The molecule has 1 aliphatic heterocycles. The fourth-order valence-corrected chi connectivity index (χ4v) is 1.78. The second kappa shape index (κ2) is 2.77. The maximum atomic E-state index is 9.43. The lowest BCUT2D eigenvalue weighted by Gasteiger charge is -2.02. The molecule has 1 atom stereocenters. The highest BCUT2D eigenvalue weighted by atomic mass is 35.5. The van der Waals surface area contributed by atoms with Crippen LogP contribution >= 0.6 is 11.6 Å². The Morgan fingerprint density at radius 1 is 1.58 bits per heavy atom.